The van der Waals surface area contributed by atoms with E-state index in [9.17, 15) is 19.2 Å². The third-order valence-corrected chi connectivity index (χ3v) is 6.08. The van der Waals surface area contributed by atoms with Crippen LogP contribution in [0.15, 0.2) is 78.9 Å². The second kappa shape index (κ2) is 11.5. The van der Waals surface area contributed by atoms with E-state index in [1.54, 1.807) is 0 Å². The maximum absolute atomic E-state index is 13.3. The summed E-state index contributed by atoms with van der Waals surface area (Å²) in [6.45, 7) is 3.35. The molecule has 0 aromatic heterocycles. The van der Waals surface area contributed by atoms with E-state index in [4.69, 9.17) is 4.74 Å². The molecule has 0 aliphatic carbocycles. The van der Waals surface area contributed by atoms with Crippen molar-refractivity contribution in [3.05, 3.63) is 101 Å². The van der Waals surface area contributed by atoms with Crippen LogP contribution in [0.2, 0.25) is 0 Å². The van der Waals surface area contributed by atoms with E-state index in [-0.39, 0.29) is 18.9 Å². The lowest BCUT2D eigenvalue weighted by Crippen LogP contribution is -2.45. The minimum absolute atomic E-state index is 0.0294. The molecule has 1 saturated heterocycles. The van der Waals surface area contributed by atoms with Gasteiger partial charge in [-0.3, -0.25) is 29.6 Å². The summed E-state index contributed by atoms with van der Waals surface area (Å²) in [5.74, 6) is -3.32. The second-order valence-electron chi connectivity index (χ2n) is 9.17. The molecule has 1 aliphatic rings. The number of hydrogen-bond donors (Lipinski definition) is 2. The first-order valence-corrected chi connectivity index (χ1v) is 12.1. The highest BCUT2D eigenvalue weighted by Gasteiger charge is 2.37. The fraction of sp³-hybridized carbons (Fsp3) is 0.241. The van der Waals surface area contributed by atoms with Gasteiger partial charge in [0.25, 0.3) is 11.8 Å². The summed E-state index contributed by atoms with van der Waals surface area (Å²) in [7, 11) is 0. The van der Waals surface area contributed by atoms with Crippen molar-refractivity contribution >= 4 is 29.4 Å². The van der Waals surface area contributed by atoms with Crippen LogP contribution in [0.5, 0.6) is 0 Å². The van der Waals surface area contributed by atoms with Gasteiger partial charge in [-0.1, -0.05) is 66.7 Å². The van der Waals surface area contributed by atoms with E-state index < -0.39 is 36.2 Å². The molecule has 2 N–H and O–H groups in total. The maximum Gasteiger partial charge on any atom is 0.311 e. The van der Waals surface area contributed by atoms with Crippen molar-refractivity contribution in [1.82, 2.24) is 10.4 Å². The van der Waals surface area contributed by atoms with Crippen LogP contribution < -0.4 is 10.7 Å². The highest BCUT2D eigenvalue weighted by molar-refractivity contribution is 5.94. The van der Waals surface area contributed by atoms with Gasteiger partial charge < -0.3 is 10.1 Å². The summed E-state index contributed by atoms with van der Waals surface area (Å²) >= 11 is 0. The summed E-state index contributed by atoms with van der Waals surface area (Å²) in [5, 5.41) is 3.86. The molecule has 4 rings (SSSR count). The molecule has 1 aliphatic heterocycles. The van der Waals surface area contributed by atoms with Crippen LogP contribution in [0.25, 0.3) is 0 Å². The molecule has 0 saturated carbocycles. The van der Waals surface area contributed by atoms with E-state index in [1.165, 1.54) is 0 Å². The summed E-state index contributed by atoms with van der Waals surface area (Å²) in [5.41, 5.74) is 6.86. The number of hydrogen-bond acceptors (Lipinski definition) is 5. The van der Waals surface area contributed by atoms with Crippen molar-refractivity contribution in [1.29, 1.82) is 0 Å². The van der Waals surface area contributed by atoms with Crippen LogP contribution in [0.4, 0.5) is 5.69 Å². The Morgan fingerprint density at radius 1 is 0.919 bits per heavy atom. The van der Waals surface area contributed by atoms with Crippen LogP contribution in [-0.4, -0.2) is 41.9 Å². The number of carbonyl (C=O) groups excluding carboxylic acids is 4. The minimum atomic E-state index is -0.784. The molecule has 1 heterocycles. The summed E-state index contributed by atoms with van der Waals surface area (Å²) in [6, 6.07) is 24.2. The van der Waals surface area contributed by atoms with E-state index in [1.807, 2.05) is 92.7 Å². The molecule has 190 valence electrons. The number of ether oxygens (including phenoxy) is 1. The van der Waals surface area contributed by atoms with Crippen molar-refractivity contribution in [2.75, 3.05) is 18.5 Å². The molecule has 37 heavy (non-hydrogen) atoms. The molecule has 8 heteroatoms. The van der Waals surface area contributed by atoms with Crippen molar-refractivity contribution in [2.24, 2.45) is 5.92 Å². The first kappa shape index (κ1) is 25.6. The van der Waals surface area contributed by atoms with Gasteiger partial charge in [0, 0.05) is 12.1 Å². The largest absolute Gasteiger partial charge is 0.455 e. The van der Waals surface area contributed by atoms with Crippen LogP contribution in [-0.2, 0) is 23.9 Å². The zero-order valence-corrected chi connectivity index (χ0v) is 20.8. The van der Waals surface area contributed by atoms with Gasteiger partial charge in [0.05, 0.1) is 18.4 Å². The molecule has 0 unspecified atom stereocenters. The standard InChI is InChI=1S/C29H29N3O5/c1-19-13-20(2)15-24(14-19)30-25(33)18-37-29(36)23-16-26(34)32(17-23)31-28(35)27(21-9-5-3-6-10-21)22-11-7-4-8-12-22/h3-15,23,27H,16-18H2,1-2H3,(H,30,33)(H,31,35)/t23-/m1/s1. The van der Waals surface area contributed by atoms with Gasteiger partial charge in [0.1, 0.15) is 0 Å². The SMILES string of the molecule is Cc1cc(C)cc(NC(=O)COC(=O)[C@@H]2CC(=O)N(NC(=O)C(c3ccccc3)c3ccccc3)C2)c1. The van der Waals surface area contributed by atoms with Gasteiger partial charge in [-0.05, 0) is 48.2 Å². The van der Waals surface area contributed by atoms with Crippen LogP contribution >= 0.6 is 0 Å². The van der Waals surface area contributed by atoms with Crippen molar-refractivity contribution in [3.8, 4) is 0 Å². The number of aryl methyl sites for hydroxylation is 2. The molecule has 8 nitrogen and oxygen atoms in total. The lowest BCUT2D eigenvalue weighted by atomic mass is 9.91. The molecule has 1 atom stereocenters. The lowest BCUT2D eigenvalue weighted by molar-refractivity contribution is -0.151. The zero-order chi connectivity index (χ0) is 26.4. The first-order chi connectivity index (χ1) is 17.8. The fourth-order valence-corrected chi connectivity index (χ4v) is 4.46. The number of anilines is 1. The second-order valence-corrected chi connectivity index (χ2v) is 9.17. The number of nitrogens with zero attached hydrogens (tertiary/aromatic N) is 1. The van der Waals surface area contributed by atoms with Gasteiger partial charge >= 0.3 is 5.97 Å². The zero-order valence-electron chi connectivity index (χ0n) is 20.8. The monoisotopic (exact) mass is 499 g/mol. The van der Waals surface area contributed by atoms with Gasteiger partial charge in [-0.25, -0.2) is 0 Å². The van der Waals surface area contributed by atoms with E-state index >= 15 is 0 Å². The topological polar surface area (TPSA) is 105 Å². The molecule has 0 spiro atoms. The molecular formula is C29H29N3O5. The molecule has 0 radical (unpaired) electrons. The number of amides is 3. The fourth-order valence-electron chi connectivity index (χ4n) is 4.46. The molecule has 3 aromatic carbocycles. The predicted molar refractivity (Wildman–Crippen MR) is 138 cm³/mol. The number of carbonyl (C=O) groups is 4. The smallest absolute Gasteiger partial charge is 0.311 e. The molecule has 1 fully saturated rings. The molecule has 3 aromatic rings. The van der Waals surface area contributed by atoms with Gasteiger partial charge in [0.15, 0.2) is 6.61 Å². The van der Waals surface area contributed by atoms with E-state index in [2.05, 4.69) is 10.7 Å². The quantitative estimate of drug-likeness (QED) is 0.462. The van der Waals surface area contributed by atoms with Gasteiger partial charge in [-0.15, -0.1) is 0 Å². The van der Waals surface area contributed by atoms with Gasteiger partial charge in [-0.2, -0.15) is 0 Å². The van der Waals surface area contributed by atoms with Crippen molar-refractivity contribution < 1.29 is 23.9 Å². The van der Waals surface area contributed by atoms with Crippen LogP contribution in [0, 0.1) is 19.8 Å². The Kier molecular flexibility index (Phi) is 7.98. The normalized spacial score (nSPS) is 14.9. The summed E-state index contributed by atoms with van der Waals surface area (Å²) in [4.78, 5) is 50.7. The minimum Gasteiger partial charge on any atom is -0.455 e. The Labute approximate surface area is 215 Å². The van der Waals surface area contributed by atoms with Gasteiger partial charge in [0.2, 0.25) is 5.91 Å². The molecule has 0 bridgehead atoms. The Bertz CT molecular complexity index is 1230. The number of rotatable bonds is 8. The van der Waals surface area contributed by atoms with Crippen LogP contribution in [0.3, 0.4) is 0 Å². The molecular weight excluding hydrogens is 470 g/mol. The number of esters is 1. The van der Waals surface area contributed by atoms with E-state index in [0.717, 1.165) is 27.3 Å². The lowest BCUT2D eigenvalue weighted by Gasteiger charge is -2.23. The predicted octanol–water partition coefficient (Wildman–Crippen LogP) is 3.50. The Morgan fingerprint density at radius 3 is 2.05 bits per heavy atom. The van der Waals surface area contributed by atoms with Crippen LogP contribution in [0.1, 0.15) is 34.6 Å². The van der Waals surface area contributed by atoms with Crippen molar-refractivity contribution in [3.63, 3.8) is 0 Å². The number of nitrogens with one attached hydrogen (secondary N) is 2. The Balaban J connectivity index is 1.34. The Morgan fingerprint density at radius 2 is 1.49 bits per heavy atom. The summed E-state index contributed by atoms with van der Waals surface area (Å²) < 4.78 is 5.17. The van der Waals surface area contributed by atoms with Crippen molar-refractivity contribution in [2.45, 2.75) is 26.2 Å². The average molecular weight is 500 g/mol. The van der Waals surface area contributed by atoms with E-state index in [0.29, 0.717) is 5.69 Å². The number of benzene rings is 3. The third kappa shape index (κ3) is 6.61. The maximum atomic E-state index is 13.3. The highest BCUT2D eigenvalue weighted by atomic mass is 16.5. The Hall–Kier alpha value is -4.46. The highest BCUT2D eigenvalue weighted by Crippen LogP contribution is 2.26. The summed E-state index contributed by atoms with van der Waals surface area (Å²) in [6.07, 6.45) is -0.112. The molecule has 3 amide bonds. The third-order valence-electron chi connectivity index (χ3n) is 6.08. The first-order valence-electron chi connectivity index (χ1n) is 12.1. The number of hydrazine groups is 1. The average Bonchev–Trinajstić information content (AvgIpc) is 3.23.